The molecule has 1 aromatic heterocycles. The van der Waals surface area contributed by atoms with E-state index in [1.54, 1.807) is 0 Å². The Morgan fingerprint density at radius 2 is 2.07 bits per heavy atom. The van der Waals surface area contributed by atoms with E-state index in [1.165, 1.54) is 5.56 Å². The second-order valence-corrected chi connectivity index (χ2v) is 4.24. The van der Waals surface area contributed by atoms with E-state index in [0.29, 0.717) is 11.2 Å². The minimum Gasteiger partial charge on any atom is -0.328 e. The molecule has 0 amide bonds. The summed E-state index contributed by atoms with van der Waals surface area (Å²) in [6.07, 6.45) is 0. The highest BCUT2D eigenvalue weighted by atomic mass is 35.5. The molecular weight excluding hydrogens is 196 g/mol. The van der Waals surface area contributed by atoms with Crippen LogP contribution in [0.3, 0.4) is 0 Å². The van der Waals surface area contributed by atoms with Gasteiger partial charge >= 0.3 is 0 Å². The second-order valence-electron chi connectivity index (χ2n) is 3.88. The topological polar surface area (TPSA) is 28.7 Å². The first-order valence-corrected chi connectivity index (χ1v) is 5.12. The monoisotopic (exact) mass is 208 g/mol. The summed E-state index contributed by atoms with van der Waals surface area (Å²) >= 11 is 5.87. The van der Waals surface area contributed by atoms with Crippen LogP contribution in [0.4, 0.5) is 0 Å². The van der Waals surface area contributed by atoms with Gasteiger partial charge in [-0.3, -0.25) is 0 Å². The Bertz CT molecular complexity index is 471. The molecular formula is C11H13ClN2. The van der Waals surface area contributed by atoms with Gasteiger partial charge in [-0.15, -0.1) is 0 Å². The first-order chi connectivity index (χ1) is 6.59. The first kappa shape index (κ1) is 9.53. The van der Waals surface area contributed by atoms with Crippen LogP contribution < -0.4 is 0 Å². The number of nitrogens with zero attached hydrogens (tertiary/aromatic N) is 1. The summed E-state index contributed by atoms with van der Waals surface area (Å²) in [5.74, 6) is 0.481. The number of rotatable bonds is 1. The molecule has 0 aliphatic rings. The molecule has 0 radical (unpaired) electrons. The molecule has 3 heteroatoms. The Kier molecular flexibility index (Phi) is 2.23. The SMILES string of the molecule is Cc1ccc(C(C)C)c2[nH]c(Cl)nc12. The Balaban J connectivity index is 2.81. The number of benzene rings is 1. The standard InChI is InChI=1S/C11H13ClN2/c1-6(2)8-5-4-7(3)9-10(8)14-11(12)13-9/h4-6H,1-3H3,(H,13,14). The van der Waals surface area contributed by atoms with Gasteiger partial charge in [0.2, 0.25) is 5.28 Å². The van der Waals surface area contributed by atoms with Crippen LogP contribution in [0, 0.1) is 6.92 Å². The van der Waals surface area contributed by atoms with Gasteiger partial charge in [0.25, 0.3) is 0 Å². The van der Waals surface area contributed by atoms with Crippen molar-refractivity contribution in [1.29, 1.82) is 0 Å². The molecule has 0 bridgehead atoms. The van der Waals surface area contributed by atoms with Gasteiger partial charge in [-0.1, -0.05) is 26.0 Å². The summed E-state index contributed by atoms with van der Waals surface area (Å²) in [6, 6.07) is 4.23. The number of halogens is 1. The molecule has 1 heterocycles. The maximum Gasteiger partial charge on any atom is 0.201 e. The summed E-state index contributed by atoms with van der Waals surface area (Å²) < 4.78 is 0. The fourth-order valence-corrected chi connectivity index (χ4v) is 1.88. The summed E-state index contributed by atoms with van der Waals surface area (Å²) in [7, 11) is 0. The van der Waals surface area contributed by atoms with E-state index in [9.17, 15) is 0 Å². The third-order valence-corrected chi connectivity index (χ3v) is 2.65. The zero-order valence-electron chi connectivity index (χ0n) is 8.56. The van der Waals surface area contributed by atoms with Crippen LogP contribution in [-0.4, -0.2) is 9.97 Å². The summed E-state index contributed by atoms with van der Waals surface area (Å²) in [4.78, 5) is 7.37. The van der Waals surface area contributed by atoms with E-state index in [2.05, 4.69) is 35.9 Å². The van der Waals surface area contributed by atoms with Crippen LogP contribution in [0.2, 0.25) is 5.28 Å². The number of H-pyrrole nitrogens is 1. The molecule has 0 saturated carbocycles. The predicted octanol–water partition coefficient (Wildman–Crippen LogP) is 3.65. The van der Waals surface area contributed by atoms with Crippen molar-refractivity contribution in [2.75, 3.05) is 0 Å². The van der Waals surface area contributed by atoms with Crippen LogP contribution in [0.1, 0.15) is 30.9 Å². The molecule has 1 N–H and O–H groups in total. The zero-order valence-corrected chi connectivity index (χ0v) is 9.31. The number of imidazole rings is 1. The van der Waals surface area contributed by atoms with Gasteiger partial charge in [0.15, 0.2) is 0 Å². The molecule has 0 unspecified atom stereocenters. The van der Waals surface area contributed by atoms with Crippen molar-refractivity contribution < 1.29 is 0 Å². The molecule has 0 saturated heterocycles. The Morgan fingerprint density at radius 3 is 2.71 bits per heavy atom. The summed E-state index contributed by atoms with van der Waals surface area (Å²) in [5.41, 5.74) is 4.49. The van der Waals surface area contributed by atoms with Crippen LogP contribution in [0.5, 0.6) is 0 Å². The third-order valence-electron chi connectivity index (χ3n) is 2.47. The molecule has 0 atom stereocenters. The lowest BCUT2D eigenvalue weighted by Gasteiger charge is -2.07. The van der Waals surface area contributed by atoms with Crippen molar-refractivity contribution in [3.63, 3.8) is 0 Å². The Hall–Kier alpha value is -1.02. The van der Waals surface area contributed by atoms with Gasteiger partial charge in [-0.2, -0.15) is 0 Å². The van der Waals surface area contributed by atoms with Crippen molar-refractivity contribution in [1.82, 2.24) is 9.97 Å². The number of fused-ring (bicyclic) bond motifs is 1. The molecule has 1 aromatic carbocycles. The normalized spacial score (nSPS) is 11.5. The average Bonchev–Trinajstić information content (AvgIpc) is 2.47. The quantitative estimate of drug-likeness (QED) is 0.762. The largest absolute Gasteiger partial charge is 0.328 e. The maximum atomic E-state index is 5.87. The Morgan fingerprint density at radius 1 is 1.36 bits per heavy atom. The molecule has 0 spiro atoms. The van der Waals surface area contributed by atoms with Crippen molar-refractivity contribution in [2.24, 2.45) is 0 Å². The highest BCUT2D eigenvalue weighted by Crippen LogP contribution is 2.27. The van der Waals surface area contributed by atoms with Gasteiger partial charge in [0, 0.05) is 0 Å². The predicted molar refractivity (Wildman–Crippen MR) is 59.9 cm³/mol. The molecule has 0 aliphatic carbocycles. The van der Waals surface area contributed by atoms with Gasteiger partial charge in [-0.25, -0.2) is 4.98 Å². The van der Waals surface area contributed by atoms with Gasteiger partial charge in [0.1, 0.15) is 0 Å². The number of aryl methyl sites for hydroxylation is 1. The fourth-order valence-electron chi connectivity index (χ4n) is 1.70. The average molecular weight is 209 g/mol. The highest BCUT2D eigenvalue weighted by Gasteiger charge is 2.10. The van der Waals surface area contributed by atoms with Crippen LogP contribution >= 0.6 is 11.6 Å². The number of aromatic nitrogens is 2. The highest BCUT2D eigenvalue weighted by molar-refractivity contribution is 6.29. The molecule has 0 fully saturated rings. The minimum absolute atomic E-state index is 0.469. The van der Waals surface area contributed by atoms with E-state index in [1.807, 2.05) is 6.92 Å². The lowest BCUT2D eigenvalue weighted by Crippen LogP contribution is -1.90. The lowest BCUT2D eigenvalue weighted by molar-refractivity contribution is 0.873. The molecule has 2 nitrogen and oxygen atoms in total. The fraction of sp³-hybridized carbons (Fsp3) is 0.364. The van der Waals surface area contributed by atoms with Gasteiger partial charge in [-0.05, 0) is 35.6 Å². The van der Waals surface area contributed by atoms with E-state index < -0.39 is 0 Å². The molecule has 0 aliphatic heterocycles. The molecule has 14 heavy (non-hydrogen) atoms. The number of hydrogen-bond acceptors (Lipinski definition) is 1. The van der Waals surface area contributed by atoms with Gasteiger partial charge < -0.3 is 4.98 Å². The van der Waals surface area contributed by atoms with E-state index in [0.717, 1.165) is 16.6 Å². The summed E-state index contributed by atoms with van der Waals surface area (Å²) in [5, 5.41) is 0.469. The van der Waals surface area contributed by atoms with Crippen molar-refractivity contribution in [2.45, 2.75) is 26.7 Å². The smallest absolute Gasteiger partial charge is 0.201 e. The Labute approximate surface area is 88.3 Å². The minimum atomic E-state index is 0.469. The maximum absolute atomic E-state index is 5.87. The van der Waals surface area contributed by atoms with Crippen LogP contribution in [-0.2, 0) is 0 Å². The molecule has 2 rings (SSSR count). The van der Waals surface area contributed by atoms with Gasteiger partial charge in [0.05, 0.1) is 11.0 Å². The van der Waals surface area contributed by atoms with E-state index in [-0.39, 0.29) is 0 Å². The number of aromatic amines is 1. The van der Waals surface area contributed by atoms with Crippen LogP contribution in [0.15, 0.2) is 12.1 Å². The van der Waals surface area contributed by atoms with Crippen molar-refractivity contribution >= 4 is 22.6 Å². The lowest BCUT2D eigenvalue weighted by atomic mass is 10.00. The number of nitrogens with one attached hydrogen (secondary N) is 1. The summed E-state index contributed by atoms with van der Waals surface area (Å²) in [6.45, 7) is 6.38. The molecule has 74 valence electrons. The van der Waals surface area contributed by atoms with Crippen LogP contribution in [0.25, 0.3) is 11.0 Å². The van der Waals surface area contributed by atoms with Crippen molar-refractivity contribution in [3.8, 4) is 0 Å². The van der Waals surface area contributed by atoms with E-state index >= 15 is 0 Å². The first-order valence-electron chi connectivity index (χ1n) is 4.74. The second kappa shape index (κ2) is 3.28. The van der Waals surface area contributed by atoms with E-state index in [4.69, 9.17) is 11.6 Å². The molecule has 2 aromatic rings. The third kappa shape index (κ3) is 1.40. The number of hydrogen-bond donors (Lipinski definition) is 1. The zero-order chi connectivity index (χ0) is 10.3. The van der Waals surface area contributed by atoms with Crippen molar-refractivity contribution in [3.05, 3.63) is 28.5 Å².